The number of carbonyl (C=O) groups is 1. The van der Waals surface area contributed by atoms with Crippen LogP contribution in [0.5, 0.6) is 0 Å². The standard InChI is InChI=1S/C20H25N5O/c1-14-7-3-6-10-17(14)25-11-16-19(23-15-8-4-5-9-15)21-13-22-20(16)24(2)12-18(25)26/h3,6-7,10,13,15H,4-5,8-9,11-12H2,1-2H3,(H,21,22,23). The summed E-state index contributed by atoms with van der Waals surface area (Å²) in [6.07, 6.45) is 6.47. The molecule has 0 spiro atoms. The van der Waals surface area contributed by atoms with Crippen LogP contribution in [0.3, 0.4) is 0 Å². The van der Waals surface area contributed by atoms with Crippen LogP contribution in [0.2, 0.25) is 0 Å². The zero-order valence-corrected chi connectivity index (χ0v) is 15.4. The topological polar surface area (TPSA) is 61.4 Å². The number of aryl methyl sites for hydroxylation is 1. The molecular formula is C20H25N5O. The fraction of sp³-hybridized carbons (Fsp3) is 0.450. The molecule has 0 radical (unpaired) electrons. The van der Waals surface area contributed by atoms with Crippen molar-refractivity contribution in [3.63, 3.8) is 0 Å². The van der Waals surface area contributed by atoms with Crippen LogP contribution in [-0.4, -0.2) is 35.5 Å². The van der Waals surface area contributed by atoms with E-state index in [1.54, 1.807) is 6.33 Å². The number of hydrogen-bond donors (Lipinski definition) is 1. The van der Waals surface area contributed by atoms with Gasteiger partial charge in [-0.25, -0.2) is 9.97 Å². The number of nitrogens with zero attached hydrogens (tertiary/aromatic N) is 4. The highest BCUT2D eigenvalue weighted by Gasteiger charge is 2.29. The van der Waals surface area contributed by atoms with Crippen LogP contribution in [0.15, 0.2) is 30.6 Å². The zero-order chi connectivity index (χ0) is 18.1. The van der Waals surface area contributed by atoms with Gasteiger partial charge in [-0.05, 0) is 31.4 Å². The molecule has 2 aliphatic rings. The van der Waals surface area contributed by atoms with Gasteiger partial charge in [0.2, 0.25) is 5.91 Å². The van der Waals surface area contributed by atoms with Crippen molar-refractivity contribution in [2.75, 3.05) is 28.7 Å². The van der Waals surface area contributed by atoms with Gasteiger partial charge in [0.05, 0.1) is 18.7 Å². The summed E-state index contributed by atoms with van der Waals surface area (Å²) in [5.74, 6) is 1.78. The molecule has 2 aromatic rings. The second-order valence-corrected chi connectivity index (χ2v) is 7.27. The Kier molecular flexibility index (Phi) is 4.49. The van der Waals surface area contributed by atoms with Gasteiger partial charge in [0.25, 0.3) is 0 Å². The third-order valence-corrected chi connectivity index (χ3v) is 5.38. The Labute approximate surface area is 154 Å². The number of nitrogens with one attached hydrogen (secondary N) is 1. The molecule has 6 heteroatoms. The molecule has 0 unspecified atom stereocenters. The van der Waals surface area contributed by atoms with Gasteiger partial charge >= 0.3 is 0 Å². The van der Waals surface area contributed by atoms with Crippen LogP contribution in [0.4, 0.5) is 17.3 Å². The molecule has 1 fully saturated rings. The number of carbonyl (C=O) groups excluding carboxylic acids is 1. The summed E-state index contributed by atoms with van der Waals surface area (Å²) < 4.78 is 0. The molecule has 6 nitrogen and oxygen atoms in total. The Morgan fingerprint density at radius 2 is 1.88 bits per heavy atom. The smallest absolute Gasteiger partial charge is 0.246 e. The van der Waals surface area contributed by atoms with E-state index in [0.29, 0.717) is 19.1 Å². The van der Waals surface area contributed by atoms with Crippen molar-refractivity contribution >= 4 is 23.2 Å². The number of benzene rings is 1. The van der Waals surface area contributed by atoms with Crippen molar-refractivity contribution in [2.24, 2.45) is 0 Å². The second kappa shape index (κ2) is 6.94. The van der Waals surface area contributed by atoms with E-state index in [9.17, 15) is 4.79 Å². The van der Waals surface area contributed by atoms with Crippen molar-refractivity contribution in [1.82, 2.24) is 9.97 Å². The summed E-state index contributed by atoms with van der Waals surface area (Å²) in [7, 11) is 1.92. The van der Waals surface area contributed by atoms with Crippen molar-refractivity contribution in [1.29, 1.82) is 0 Å². The number of amides is 1. The van der Waals surface area contributed by atoms with Crippen LogP contribution in [-0.2, 0) is 11.3 Å². The van der Waals surface area contributed by atoms with Gasteiger partial charge in [-0.1, -0.05) is 31.0 Å². The van der Waals surface area contributed by atoms with Gasteiger partial charge in [0.15, 0.2) is 0 Å². The van der Waals surface area contributed by atoms with Crippen molar-refractivity contribution in [2.45, 2.75) is 45.2 Å². The average Bonchev–Trinajstić information content (AvgIpc) is 3.09. The first-order chi connectivity index (χ1) is 12.6. The van der Waals surface area contributed by atoms with Crippen LogP contribution in [0.25, 0.3) is 0 Å². The predicted molar refractivity (Wildman–Crippen MR) is 104 cm³/mol. The van der Waals surface area contributed by atoms with E-state index in [1.807, 2.05) is 48.0 Å². The number of para-hydroxylation sites is 1. The summed E-state index contributed by atoms with van der Waals surface area (Å²) >= 11 is 0. The molecule has 26 heavy (non-hydrogen) atoms. The van der Waals surface area contributed by atoms with Crippen LogP contribution in [0.1, 0.15) is 36.8 Å². The molecule has 1 saturated carbocycles. The highest BCUT2D eigenvalue weighted by Crippen LogP contribution is 2.32. The van der Waals surface area contributed by atoms with Crippen molar-refractivity contribution in [3.05, 3.63) is 41.7 Å². The number of hydrogen-bond acceptors (Lipinski definition) is 5. The lowest BCUT2D eigenvalue weighted by Crippen LogP contribution is -2.36. The molecule has 1 aromatic heterocycles. The molecule has 1 aliphatic heterocycles. The Morgan fingerprint density at radius 3 is 2.65 bits per heavy atom. The predicted octanol–water partition coefficient (Wildman–Crippen LogP) is 3.12. The fourth-order valence-corrected chi connectivity index (χ4v) is 3.96. The quantitative estimate of drug-likeness (QED) is 0.921. The highest BCUT2D eigenvalue weighted by atomic mass is 16.2. The van der Waals surface area contributed by atoms with E-state index in [4.69, 9.17) is 0 Å². The minimum atomic E-state index is 0.0756. The lowest BCUT2D eigenvalue weighted by Gasteiger charge is -2.24. The summed E-state index contributed by atoms with van der Waals surface area (Å²) in [5.41, 5.74) is 3.04. The third kappa shape index (κ3) is 3.11. The molecule has 0 saturated heterocycles. The molecular weight excluding hydrogens is 326 g/mol. The number of aromatic nitrogens is 2. The number of fused-ring (bicyclic) bond motifs is 1. The highest BCUT2D eigenvalue weighted by molar-refractivity contribution is 5.98. The molecule has 136 valence electrons. The molecule has 0 atom stereocenters. The lowest BCUT2D eigenvalue weighted by molar-refractivity contribution is -0.117. The largest absolute Gasteiger partial charge is 0.367 e. The second-order valence-electron chi connectivity index (χ2n) is 7.27. The minimum Gasteiger partial charge on any atom is -0.367 e. The number of rotatable bonds is 3. The van der Waals surface area contributed by atoms with E-state index < -0.39 is 0 Å². The first-order valence-electron chi connectivity index (χ1n) is 9.31. The van der Waals surface area contributed by atoms with Gasteiger partial charge in [-0.3, -0.25) is 4.79 Å². The Balaban J connectivity index is 1.73. The van der Waals surface area contributed by atoms with E-state index in [0.717, 1.165) is 28.5 Å². The fourth-order valence-electron chi connectivity index (χ4n) is 3.96. The van der Waals surface area contributed by atoms with Gasteiger partial charge in [0, 0.05) is 18.8 Å². The molecule has 4 rings (SSSR count). The maximum absolute atomic E-state index is 12.9. The van der Waals surface area contributed by atoms with Crippen molar-refractivity contribution < 1.29 is 4.79 Å². The summed E-state index contributed by atoms with van der Waals surface area (Å²) in [4.78, 5) is 25.7. The maximum atomic E-state index is 12.9. The number of anilines is 3. The van der Waals surface area contributed by atoms with Gasteiger partial charge < -0.3 is 15.1 Å². The summed E-state index contributed by atoms with van der Waals surface area (Å²) in [6, 6.07) is 8.48. The normalized spacial score (nSPS) is 18.0. The van der Waals surface area contributed by atoms with Gasteiger partial charge in [-0.2, -0.15) is 0 Å². The molecule has 1 N–H and O–H groups in total. The zero-order valence-electron chi connectivity index (χ0n) is 15.4. The first kappa shape index (κ1) is 16.8. The summed E-state index contributed by atoms with van der Waals surface area (Å²) in [5, 5.41) is 3.60. The molecule has 1 amide bonds. The SMILES string of the molecule is Cc1ccccc1N1Cc2c(NC3CCCC3)ncnc2N(C)CC1=O. The molecule has 2 heterocycles. The summed E-state index contributed by atoms with van der Waals surface area (Å²) in [6.45, 7) is 2.83. The van der Waals surface area contributed by atoms with E-state index in [-0.39, 0.29) is 5.91 Å². The van der Waals surface area contributed by atoms with Crippen LogP contribution in [0, 0.1) is 6.92 Å². The first-order valence-corrected chi connectivity index (χ1v) is 9.31. The van der Waals surface area contributed by atoms with Gasteiger partial charge in [-0.15, -0.1) is 0 Å². The third-order valence-electron chi connectivity index (χ3n) is 5.38. The molecule has 1 aliphatic carbocycles. The minimum absolute atomic E-state index is 0.0756. The van der Waals surface area contributed by atoms with Crippen LogP contribution >= 0.6 is 0 Å². The Morgan fingerprint density at radius 1 is 1.12 bits per heavy atom. The maximum Gasteiger partial charge on any atom is 0.246 e. The van der Waals surface area contributed by atoms with Gasteiger partial charge in [0.1, 0.15) is 18.0 Å². The average molecular weight is 351 g/mol. The van der Waals surface area contributed by atoms with E-state index in [1.165, 1.54) is 25.7 Å². The lowest BCUT2D eigenvalue weighted by atomic mass is 10.1. The molecule has 0 bridgehead atoms. The van der Waals surface area contributed by atoms with Crippen molar-refractivity contribution in [3.8, 4) is 0 Å². The monoisotopic (exact) mass is 351 g/mol. The van der Waals surface area contributed by atoms with E-state index in [2.05, 4.69) is 15.3 Å². The Bertz CT molecular complexity index is 816. The van der Waals surface area contributed by atoms with Crippen LogP contribution < -0.4 is 15.1 Å². The molecule has 1 aromatic carbocycles. The Hall–Kier alpha value is -2.63. The number of likely N-dealkylation sites (N-methyl/N-ethyl adjacent to an activating group) is 1. The van der Waals surface area contributed by atoms with E-state index >= 15 is 0 Å².